The number of hydrogen-bond acceptors (Lipinski definition) is 2. The van der Waals surface area contributed by atoms with Gasteiger partial charge in [0.15, 0.2) is 0 Å². The molecule has 0 amide bonds. The monoisotopic (exact) mass is 266 g/mol. The normalized spacial score (nSPS) is 19.5. The number of nitrogens with zero attached hydrogens (tertiary/aromatic N) is 1. The fourth-order valence-corrected chi connectivity index (χ4v) is 2.86. The highest BCUT2D eigenvalue weighted by Crippen LogP contribution is 2.30. The second-order valence-electron chi connectivity index (χ2n) is 5.13. The van der Waals surface area contributed by atoms with Gasteiger partial charge in [-0.2, -0.15) is 0 Å². The average molecular weight is 267 g/mol. The first-order valence-electron chi connectivity index (χ1n) is 6.98. The minimum Gasteiger partial charge on any atom is -0.369 e. The summed E-state index contributed by atoms with van der Waals surface area (Å²) in [6.07, 6.45) is 3.76. The summed E-state index contributed by atoms with van der Waals surface area (Å²) in [6, 6.07) is 6.93. The van der Waals surface area contributed by atoms with Crippen LogP contribution in [-0.4, -0.2) is 19.1 Å². The molecule has 1 heterocycles. The minimum absolute atomic E-state index is 0.649. The molecule has 0 bridgehead atoms. The van der Waals surface area contributed by atoms with Gasteiger partial charge < -0.3 is 10.2 Å². The van der Waals surface area contributed by atoms with E-state index in [2.05, 4.69) is 36.2 Å². The van der Waals surface area contributed by atoms with Crippen LogP contribution in [0.4, 0.5) is 5.69 Å². The van der Waals surface area contributed by atoms with Crippen LogP contribution in [0.2, 0.25) is 5.02 Å². The van der Waals surface area contributed by atoms with Gasteiger partial charge in [0.25, 0.3) is 0 Å². The van der Waals surface area contributed by atoms with Gasteiger partial charge in [0.1, 0.15) is 0 Å². The third-order valence-corrected chi connectivity index (χ3v) is 3.88. The van der Waals surface area contributed by atoms with Crippen molar-refractivity contribution < 1.29 is 0 Å². The molecule has 0 aliphatic carbocycles. The molecule has 100 valence electrons. The molecule has 1 saturated heterocycles. The summed E-state index contributed by atoms with van der Waals surface area (Å²) in [5.41, 5.74) is 2.68. The summed E-state index contributed by atoms with van der Waals surface area (Å²) >= 11 is 6.13. The van der Waals surface area contributed by atoms with Crippen LogP contribution >= 0.6 is 11.6 Å². The van der Waals surface area contributed by atoms with Gasteiger partial charge in [-0.05, 0) is 56.5 Å². The zero-order valence-corrected chi connectivity index (χ0v) is 12.1. The zero-order valence-electron chi connectivity index (χ0n) is 11.4. The van der Waals surface area contributed by atoms with Crippen molar-refractivity contribution >= 4 is 17.3 Å². The van der Waals surface area contributed by atoms with Gasteiger partial charge in [-0.15, -0.1) is 0 Å². The van der Waals surface area contributed by atoms with Crippen molar-refractivity contribution in [1.82, 2.24) is 5.32 Å². The van der Waals surface area contributed by atoms with E-state index in [9.17, 15) is 0 Å². The molecule has 2 nitrogen and oxygen atoms in total. The maximum Gasteiger partial charge on any atom is 0.0415 e. The van der Waals surface area contributed by atoms with Crippen LogP contribution in [0.5, 0.6) is 0 Å². The quantitative estimate of drug-likeness (QED) is 0.815. The van der Waals surface area contributed by atoms with Crippen LogP contribution in [0.25, 0.3) is 0 Å². The minimum atomic E-state index is 0.649. The summed E-state index contributed by atoms with van der Waals surface area (Å²) in [5, 5.41) is 4.30. The third kappa shape index (κ3) is 3.18. The lowest BCUT2D eigenvalue weighted by molar-refractivity contribution is 0.669. The summed E-state index contributed by atoms with van der Waals surface area (Å²) in [6.45, 7) is 7.64. The summed E-state index contributed by atoms with van der Waals surface area (Å²) in [5.74, 6) is 0. The van der Waals surface area contributed by atoms with E-state index in [1.807, 2.05) is 6.07 Å². The third-order valence-electron chi connectivity index (χ3n) is 3.65. The van der Waals surface area contributed by atoms with Gasteiger partial charge in [-0.3, -0.25) is 0 Å². The lowest BCUT2D eigenvalue weighted by Crippen LogP contribution is -2.28. The first kappa shape index (κ1) is 13.7. The fraction of sp³-hybridized carbons (Fsp3) is 0.600. The smallest absolute Gasteiger partial charge is 0.0415 e. The van der Waals surface area contributed by atoms with Crippen LogP contribution in [0.15, 0.2) is 18.2 Å². The maximum absolute atomic E-state index is 6.13. The molecule has 0 aromatic heterocycles. The average Bonchev–Trinajstić information content (AvgIpc) is 2.76. The van der Waals surface area contributed by atoms with E-state index in [0.29, 0.717) is 6.04 Å². The Morgan fingerprint density at radius 1 is 1.44 bits per heavy atom. The van der Waals surface area contributed by atoms with Crippen molar-refractivity contribution in [3.63, 3.8) is 0 Å². The molecule has 1 fully saturated rings. The van der Waals surface area contributed by atoms with Gasteiger partial charge in [0.2, 0.25) is 0 Å². The molecule has 18 heavy (non-hydrogen) atoms. The number of benzene rings is 1. The van der Waals surface area contributed by atoms with Crippen molar-refractivity contribution in [1.29, 1.82) is 0 Å². The molecule has 1 atom stereocenters. The SMILES string of the molecule is CCCNCc1cc(Cl)ccc1N1CCCC1C. The summed E-state index contributed by atoms with van der Waals surface area (Å²) in [7, 11) is 0. The van der Waals surface area contributed by atoms with E-state index in [-0.39, 0.29) is 0 Å². The second-order valence-corrected chi connectivity index (χ2v) is 5.57. The van der Waals surface area contributed by atoms with Gasteiger partial charge in [0.05, 0.1) is 0 Å². The number of hydrogen-bond donors (Lipinski definition) is 1. The predicted molar refractivity (Wildman–Crippen MR) is 79.5 cm³/mol. The molecule has 0 radical (unpaired) electrons. The lowest BCUT2D eigenvalue weighted by Gasteiger charge is -2.26. The van der Waals surface area contributed by atoms with Crippen LogP contribution in [0.3, 0.4) is 0 Å². The van der Waals surface area contributed by atoms with Crippen molar-refractivity contribution in [2.45, 2.75) is 45.7 Å². The van der Waals surface area contributed by atoms with Crippen molar-refractivity contribution in [2.75, 3.05) is 18.0 Å². The Labute approximate surface area is 115 Å². The van der Waals surface area contributed by atoms with Crippen molar-refractivity contribution in [3.05, 3.63) is 28.8 Å². The molecule has 1 N–H and O–H groups in total. The Bertz CT molecular complexity index is 392. The lowest BCUT2D eigenvalue weighted by atomic mass is 10.1. The molecule has 1 aromatic rings. The second kappa shape index (κ2) is 6.44. The zero-order chi connectivity index (χ0) is 13.0. The molecule has 3 heteroatoms. The van der Waals surface area contributed by atoms with Crippen LogP contribution < -0.4 is 10.2 Å². The first-order valence-corrected chi connectivity index (χ1v) is 7.36. The van der Waals surface area contributed by atoms with Crippen LogP contribution in [-0.2, 0) is 6.54 Å². The topological polar surface area (TPSA) is 15.3 Å². The van der Waals surface area contributed by atoms with Gasteiger partial charge in [-0.25, -0.2) is 0 Å². The largest absolute Gasteiger partial charge is 0.369 e. The van der Waals surface area contributed by atoms with E-state index < -0.39 is 0 Å². The molecule has 1 unspecified atom stereocenters. The number of rotatable bonds is 5. The summed E-state index contributed by atoms with van der Waals surface area (Å²) in [4.78, 5) is 2.51. The van der Waals surface area contributed by atoms with Crippen molar-refractivity contribution in [3.8, 4) is 0 Å². The van der Waals surface area contributed by atoms with Gasteiger partial charge >= 0.3 is 0 Å². The molecular weight excluding hydrogens is 244 g/mol. The van der Waals surface area contributed by atoms with E-state index in [1.54, 1.807) is 0 Å². The van der Waals surface area contributed by atoms with E-state index >= 15 is 0 Å². The van der Waals surface area contributed by atoms with E-state index in [4.69, 9.17) is 11.6 Å². The van der Waals surface area contributed by atoms with Gasteiger partial charge in [-0.1, -0.05) is 18.5 Å². The summed E-state index contributed by atoms with van der Waals surface area (Å²) < 4.78 is 0. The highest BCUT2D eigenvalue weighted by molar-refractivity contribution is 6.30. The first-order chi connectivity index (χ1) is 8.72. The Hall–Kier alpha value is -0.730. The van der Waals surface area contributed by atoms with Crippen LogP contribution in [0.1, 0.15) is 38.7 Å². The maximum atomic E-state index is 6.13. The van der Waals surface area contributed by atoms with E-state index in [1.165, 1.54) is 30.6 Å². The molecule has 1 aromatic carbocycles. The van der Waals surface area contributed by atoms with Crippen molar-refractivity contribution in [2.24, 2.45) is 0 Å². The predicted octanol–water partition coefficient (Wildman–Crippen LogP) is 3.83. The molecule has 0 saturated carbocycles. The number of halogens is 1. The van der Waals surface area contributed by atoms with Gasteiger partial charge in [0, 0.05) is 29.8 Å². The molecule has 1 aliphatic heterocycles. The molecular formula is C15H23ClN2. The Morgan fingerprint density at radius 3 is 2.94 bits per heavy atom. The highest BCUT2D eigenvalue weighted by Gasteiger charge is 2.22. The molecule has 2 rings (SSSR count). The highest BCUT2D eigenvalue weighted by atomic mass is 35.5. The van der Waals surface area contributed by atoms with E-state index in [0.717, 1.165) is 24.5 Å². The number of anilines is 1. The standard InChI is InChI=1S/C15H23ClN2/c1-3-8-17-11-13-10-14(16)6-7-15(13)18-9-4-5-12(18)2/h6-7,10,12,17H,3-5,8-9,11H2,1-2H3. The Kier molecular flexibility index (Phi) is 4.90. The Balaban J connectivity index is 2.17. The molecule has 1 aliphatic rings. The van der Waals surface area contributed by atoms with Crippen LogP contribution in [0, 0.1) is 0 Å². The number of nitrogens with one attached hydrogen (secondary N) is 1. The fourth-order valence-electron chi connectivity index (χ4n) is 2.67. The Morgan fingerprint density at radius 2 is 2.28 bits per heavy atom. The molecule has 0 spiro atoms.